The standard InChI is InChI=1S/C19H17N3O4/c1-26-16-9-5-8-15(12-16)22-11-10-21(18(24)19(22)25)13-17(23)20-14-6-3-2-4-7-14/h2-12H,13H2,1H3,(H,20,23). The van der Waals surface area contributed by atoms with Crippen LogP contribution < -0.4 is 21.2 Å². The monoisotopic (exact) mass is 351 g/mol. The molecule has 0 saturated carbocycles. The Labute approximate surface area is 149 Å². The van der Waals surface area contributed by atoms with E-state index in [9.17, 15) is 14.4 Å². The van der Waals surface area contributed by atoms with E-state index in [1.54, 1.807) is 48.5 Å². The van der Waals surface area contributed by atoms with Gasteiger partial charge in [-0.15, -0.1) is 0 Å². The van der Waals surface area contributed by atoms with Crippen molar-refractivity contribution < 1.29 is 9.53 Å². The highest BCUT2D eigenvalue weighted by Gasteiger charge is 2.10. The molecular formula is C19H17N3O4. The maximum absolute atomic E-state index is 12.4. The fourth-order valence-electron chi connectivity index (χ4n) is 2.47. The van der Waals surface area contributed by atoms with Crippen molar-refractivity contribution in [1.29, 1.82) is 0 Å². The normalized spacial score (nSPS) is 10.3. The lowest BCUT2D eigenvalue weighted by molar-refractivity contribution is -0.116. The summed E-state index contributed by atoms with van der Waals surface area (Å²) in [7, 11) is 1.52. The van der Waals surface area contributed by atoms with E-state index in [1.165, 1.54) is 24.1 Å². The topological polar surface area (TPSA) is 82.3 Å². The number of anilines is 1. The Morgan fingerprint density at radius 1 is 1.00 bits per heavy atom. The first-order valence-electron chi connectivity index (χ1n) is 7.90. The second-order valence-corrected chi connectivity index (χ2v) is 5.52. The van der Waals surface area contributed by atoms with Gasteiger partial charge < -0.3 is 10.1 Å². The van der Waals surface area contributed by atoms with E-state index in [0.717, 1.165) is 4.57 Å². The van der Waals surface area contributed by atoms with Gasteiger partial charge in [-0.05, 0) is 24.3 Å². The van der Waals surface area contributed by atoms with Gasteiger partial charge in [0.25, 0.3) is 0 Å². The van der Waals surface area contributed by atoms with Crippen molar-refractivity contribution in [2.45, 2.75) is 6.54 Å². The maximum atomic E-state index is 12.4. The average molecular weight is 351 g/mol. The molecule has 26 heavy (non-hydrogen) atoms. The van der Waals surface area contributed by atoms with Crippen molar-refractivity contribution >= 4 is 11.6 Å². The minimum atomic E-state index is -0.779. The average Bonchev–Trinajstić information content (AvgIpc) is 2.66. The number of methoxy groups -OCH3 is 1. The number of nitrogens with one attached hydrogen (secondary N) is 1. The smallest absolute Gasteiger partial charge is 0.320 e. The summed E-state index contributed by atoms with van der Waals surface area (Å²) in [4.78, 5) is 36.8. The molecule has 7 nitrogen and oxygen atoms in total. The van der Waals surface area contributed by atoms with Gasteiger partial charge in [0.1, 0.15) is 12.3 Å². The van der Waals surface area contributed by atoms with Crippen LogP contribution in [0, 0.1) is 0 Å². The molecule has 1 N–H and O–H groups in total. The Balaban J connectivity index is 1.84. The molecule has 1 aromatic heterocycles. The van der Waals surface area contributed by atoms with Crippen molar-refractivity contribution in [3.8, 4) is 11.4 Å². The third kappa shape index (κ3) is 3.72. The fraction of sp³-hybridized carbons (Fsp3) is 0.105. The summed E-state index contributed by atoms with van der Waals surface area (Å²) in [6.45, 7) is -0.248. The second kappa shape index (κ2) is 7.52. The summed E-state index contributed by atoms with van der Waals surface area (Å²) in [6.07, 6.45) is 2.86. The molecule has 0 spiro atoms. The van der Waals surface area contributed by atoms with Crippen molar-refractivity contribution in [1.82, 2.24) is 9.13 Å². The van der Waals surface area contributed by atoms with Gasteiger partial charge in [0.15, 0.2) is 0 Å². The molecule has 0 aliphatic carbocycles. The predicted octanol–water partition coefficient (Wildman–Crippen LogP) is 1.65. The number of benzene rings is 2. The molecule has 0 atom stereocenters. The number of para-hydroxylation sites is 1. The summed E-state index contributed by atoms with van der Waals surface area (Å²) >= 11 is 0. The lowest BCUT2D eigenvalue weighted by atomic mass is 10.3. The molecule has 0 radical (unpaired) electrons. The van der Waals surface area contributed by atoms with Gasteiger partial charge in [-0.3, -0.25) is 23.5 Å². The van der Waals surface area contributed by atoms with Gasteiger partial charge in [-0.1, -0.05) is 24.3 Å². The lowest BCUT2D eigenvalue weighted by Gasteiger charge is -2.10. The summed E-state index contributed by atoms with van der Waals surface area (Å²) in [5.74, 6) is 0.178. The quantitative estimate of drug-likeness (QED) is 0.709. The van der Waals surface area contributed by atoms with Gasteiger partial charge in [0.05, 0.1) is 12.8 Å². The van der Waals surface area contributed by atoms with E-state index in [1.807, 2.05) is 6.07 Å². The van der Waals surface area contributed by atoms with Crippen LogP contribution in [0.25, 0.3) is 5.69 Å². The molecular weight excluding hydrogens is 334 g/mol. The molecule has 3 aromatic rings. The van der Waals surface area contributed by atoms with Crippen molar-refractivity contribution in [3.63, 3.8) is 0 Å². The number of hydrogen-bond acceptors (Lipinski definition) is 4. The van der Waals surface area contributed by atoms with Crippen LogP contribution in [0.1, 0.15) is 0 Å². The number of nitrogens with zero attached hydrogens (tertiary/aromatic N) is 2. The minimum absolute atomic E-state index is 0.248. The van der Waals surface area contributed by atoms with Crippen molar-refractivity contribution in [2.24, 2.45) is 0 Å². The van der Waals surface area contributed by atoms with Crippen LogP contribution in [-0.4, -0.2) is 22.2 Å². The van der Waals surface area contributed by atoms with Crippen molar-refractivity contribution in [3.05, 3.63) is 87.7 Å². The van der Waals surface area contributed by atoms with Crippen molar-refractivity contribution in [2.75, 3.05) is 12.4 Å². The maximum Gasteiger partial charge on any atom is 0.320 e. The molecule has 1 amide bonds. The van der Waals surface area contributed by atoms with Crippen LogP contribution in [0.5, 0.6) is 5.75 Å². The van der Waals surface area contributed by atoms with E-state index in [4.69, 9.17) is 4.74 Å². The number of aromatic nitrogens is 2. The van der Waals surface area contributed by atoms with Gasteiger partial charge in [0, 0.05) is 24.1 Å². The van der Waals surface area contributed by atoms with Crippen LogP contribution in [0.15, 0.2) is 76.6 Å². The first-order valence-corrected chi connectivity index (χ1v) is 7.90. The van der Waals surface area contributed by atoms with Gasteiger partial charge in [-0.25, -0.2) is 0 Å². The first kappa shape index (κ1) is 17.2. The number of rotatable bonds is 5. The Morgan fingerprint density at radius 2 is 1.77 bits per heavy atom. The van der Waals surface area contributed by atoms with Gasteiger partial charge >= 0.3 is 11.1 Å². The zero-order valence-electron chi connectivity index (χ0n) is 14.1. The van der Waals surface area contributed by atoms with E-state index in [0.29, 0.717) is 17.1 Å². The summed E-state index contributed by atoms with van der Waals surface area (Å²) in [5.41, 5.74) is -0.394. The van der Waals surface area contributed by atoms with Crippen LogP contribution in [0.2, 0.25) is 0 Å². The third-order valence-electron chi connectivity index (χ3n) is 3.76. The minimum Gasteiger partial charge on any atom is -0.497 e. The lowest BCUT2D eigenvalue weighted by Crippen LogP contribution is -2.41. The zero-order valence-corrected chi connectivity index (χ0v) is 14.1. The zero-order chi connectivity index (χ0) is 18.5. The van der Waals surface area contributed by atoms with Crippen LogP contribution in [0.3, 0.4) is 0 Å². The van der Waals surface area contributed by atoms with Gasteiger partial charge in [-0.2, -0.15) is 0 Å². The molecule has 3 rings (SSSR count). The molecule has 0 bridgehead atoms. The molecule has 132 valence electrons. The van der Waals surface area contributed by atoms with E-state index < -0.39 is 17.0 Å². The highest BCUT2D eigenvalue weighted by molar-refractivity contribution is 5.90. The van der Waals surface area contributed by atoms with E-state index >= 15 is 0 Å². The van der Waals surface area contributed by atoms with Crippen LogP contribution in [0.4, 0.5) is 5.69 Å². The molecule has 0 saturated heterocycles. The first-order chi connectivity index (χ1) is 12.6. The number of amides is 1. The molecule has 0 fully saturated rings. The Kier molecular flexibility index (Phi) is 4.98. The number of ether oxygens (including phenoxy) is 1. The molecule has 0 unspecified atom stereocenters. The molecule has 7 heteroatoms. The van der Waals surface area contributed by atoms with E-state index in [2.05, 4.69) is 5.32 Å². The van der Waals surface area contributed by atoms with Crippen LogP contribution >= 0.6 is 0 Å². The highest BCUT2D eigenvalue weighted by Crippen LogP contribution is 2.14. The SMILES string of the molecule is COc1cccc(-n2ccn(CC(=O)Nc3ccccc3)c(=O)c2=O)c1. The van der Waals surface area contributed by atoms with Gasteiger partial charge in [0.2, 0.25) is 5.91 Å². The molecule has 2 aromatic carbocycles. The Morgan fingerprint density at radius 3 is 2.50 bits per heavy atom. The van der Waals surface area contributed by atoms with E-state index in [-0.39, 0.29) is 6.54 Å². The molecule has 1 heterocycles. The Hall–Kier alpha value is -3.61. The number of hydrogen-bond donors (Lipinski definition) is 1. The fourth-order valence-corrected chi connectivity index (χ4v) is 2.47. The largest absolute Gasteiger partial charge is 0.497 e. The second-order valence-electron chi connectivity index (χ2n) is 5.52. The predicted molar refractivity (Wildman–Crippen MR) is 97.9 cm³/mol. The number of carbonyl (C=O) groups is 1. The van der Waals surface area contributed by atoms with Crippen LogP contribution in [-0.2, 0) is 11.3 Å². The molecule has 0 aliphatic rings. The molecule has 0 aliphatic heterocycles. The summed E-state index contributed by atoms with van der Waals surface area (Å²) < 4.78 is 7.43. The highest BCUT2D eigenvalue weighted by atomic mass is 16.5. The Bertz CT molecular complexity index is 1040. The number of carbonyl (C=O) groups excluding carboxylic acids is 1. The third-order valence-corrected chi connectivity index (χ3v) is 3.76. The summed E-state index contributed by atoms with van der Waals surface area (Å²) in [6, 6.07) is 15.7. The summed E-state index contributed by atoms with van der Waals surface area (Å²) in [5, 5.41) is 2.67.